The number of nitrogens with one attached hydrogen (secondary N) is 1. The molecule has 1 amide bonds. The number of rotatable bonds is 8. The molecule has 0 aromatic heterocycles. The molecule has 148 valence electrons. The van der Waals surface area contributed by atoms with Crippen molar-refractivity contribution in [1.82, 2.24) is 10.2 Å². The second-order valence-corrected chi connectivity index (χ2v) is 6.68. The Morgan fingerprint density at radius 2 is 2.12 bits per heavy atom. The summed E-state index contributed by atoms with van der Waals surface area (Å²) in [5.41, 5.74) is 6.50. The Morgan fingerprint density at radius 1 is 1.35 bits per heavy atom. The lowest BCUT2D eigenvalue weighted by molar-refractivity contribution is -0.121. The van der Waals surface area contributed by atoms with Gasteiger partial charge in [-0.15, -0.1) is 12.4 Å². The topological polar surface area (TPSA) is 76.8 Å². The minimum atomic E-state index is 0. The zero-order chi connectivity index (χ0) is 18.2. The number of methoxy groups -OCH3 is 2. The second kappa shape index (κ2) is 11.5. The average molecular weight is 406 g/mol. The Kier molecular flexibility index (Phi) is 10.1. The van der Waals surface area contributed by atoms with E-state index in [1.165, 1.54) is 6.42 Å². The molecular weight excluding hydrogens is 377 g/mol. The molecule has 1 aliphatic rings. The van der Waals surface area contributed by atoms with E-state index in [1.54, 1.807) is 14.2 Å². The largest absolute Gasteiger partial charge is 0.493 e. The van der Waals surface area contributed by atoms with Gasteiger partial charge in [-0.1, -0.05) is 18.0 Å². The summed E-state index contributed by atoms with van der Waals surface area (Å²) in [7, 11) is 3.18. The molecule has 1 atom stereocenters. The number of nitrogens with zero attached hydrogens (tertiary/aromatic N) is 1. The van der Waals surface area contributed by atoms with Crippen LogP contribution in [-0.2, 0) is 11.3 Å². The molecule has 0 saturated carbocycles. The van der Waals surface area contributed by atoms with Crippen LogP contribution in [0.4, 0.5) is 0 Å². The maximum absolute atomic E-state index is 11.7. The number of benzene rings is 1. The summed E-state index contributed by atoms with van der Waals surface area (Å²) >= 11 is 6.31. The lowest BCUT2D eigenvalue weighted by Gasteiger charge is -2.36. The predicted molar refractivity (Wildman–Crippen MR) is 107 cm³/mol. The molecule has 8 heteroatoms. The van der Waals surface area contributed by atoms with Gasteiger partial charge in [-0.25, -0.2) is 0 Å². The number of hydrogen-bond acceptors (Lipinski definition) is 5. The van der Waals surface area contributed by atoms with Crippen molar-refractivity contribution in [1.29, 1.82) is 0 Å². The highest BCUT2D eigenvalue weighted by atomic mass is 35.5. The second-order valence-electron chi connectivity index (χ2n) is 6.28. The summed E-state index contributed by atoms with van der Waals surface area (Å²) in [6, 6.07) is 4.20. The van der Waals surface area contributed by atoms with E-state index in [4.69, 9.17) is 26.8 Å². The number of amides is 1. The van der Waals surface area contributed by atoms with Crippen molar-refractivity contribution in [3.8, 4) is 11.5 Å². The van der Waals surface area contributed by atoms with Gasteiger partial charge in [0.15, 0.2) is 11.5 Å². The normalized spacial score (nSPS) is 17.3. The third-order valence-electron chi connectivity index (χ3n) is 4.53. The summed E-state index contributed by atoms with van der Waals surface area (Å²) in [6.45, 7) is 2.80. The minimum absolute atomic E-state index is 0. The fourth-order valence-electron chi connectivity index (χ4n) is 3.25. The first-order valence-electron chi connectivity index (χ1n) is 8.70. The predicted octanol–water partition coefficient (Wildman–Crippen LogP) is 2.60. The quantitative estimate of drug-likeness (QED) is 0.694. The van der Waals surface area contributed by atoms with Crippen molar-refractivity contribution in [3.63, 3.8) is 0 Å². The molecule has 26 heavy (non-hydrogen) atoms. The van der Waals surface area contributed by atoms with Crippen LogP contribution in [0, 0.1) is 0 Å². The highest BCUT2D eigenvalue weighted by molar-refractivity contribution is 6.32. The third-order valence-corrected chi connectivity index (χ3v) is 4.82. The number of ether oxygens (including phenoxy) is 2. The maximum atomic E-state index is 11.7. The number of nitrogens with two attached hydrogens (primary N) is 1. The van der Waals surface area contributed by atoms with Crippen LogP contribution in [0.5, 0.6) is 11.5 Å². The van der Waals surface area contributed by atoms with Crippen LogP contribution in [0.25, 0.3) is 0 Å². The van der Waals surface area contributed by atoms with Gasteiger partial charge < -0.3 is 20.5 Å². The lowest BCUT2D eigenvalue weighted by Crippen LogP contribution is -2.46. The van der Waals surface area contributed by atoms with Crippen molar-refractivity contribution >= 4 is 29.9 Å². The smallest absolute Gasteiger partial charge is 0.221 e. The molecule has 0 aliphatic carbocycles. The van der Waals surface area contributed by atoms with Crippen molar-refractivity contribution in [2.75, 3.05) is 33.9 Å². The molecule has 1 aliphatic heterocycles. The summed E-state index contributed by atoms with van der Waals surface area (Å²) in [5.74, 6) is 1.20. The number of hydrogen-bond donors (Lipinski definition) is 2. The van der Waals surface area contributed by atoms with Crippen molar-refractivity contribution < 1.29 is 14.3 Å². The Hall–Kier alpha value is -1.21. The van der Waals surface area contributed by atoms with Crippen LogP contribution >= 0.6 is 24.0 Å². The van der Waals surface area contributed by atoms with Crippen LogP contribution in [0.2, 0.25) is 5.02 Å². The summed E-state index contributed by atoms with van der Waals surface area (Å²) in [5, 5.41) is 3.53. The van der Waals surface area contributed by atoms with E-state index in [2.05, 4.69) is 10.2 Å². The third kappa shape index (κ3) is 6.20. The highest BCUT2D eigenvalue weighted by Crippen LogP contribution is 2.36. The fraction of sp³-hybridized carbons (Fsp3) is 0.611. The van der Waals surface area contributed by atoms with Crippen LogP contribution in [0.3, 0.4) is 0 Å². The molecule has 1 unspecified atom stereocenters. The molecule has 0 spiro atoms. The molecule has 1 fully saturated rings. The summed E-state index contributed by atoms with van der Waals surface area (Å²) in [4.78, 5) is 14.1. The van der Waals surface area contributed by atoms with Crippen LogP contribution in [-0.4, -0.2) is 50.7 Å². The maximum Gasteiger partial charge on any atom is 0.221 e. The standard InChI is InChI=1S/C18H28ClN3O3.ClH/c1-24-16-10-13(9-15(19)18(16)25-2)12-22-8-4-3-5-14(22)11-21-17(23)6-7-20;/h9-10,14H,3-8,11-12,20H2,1-2H3,(H,21,23);1H. The number of likely N-dealkylation sites (tertiary alicyclic amines) is 1. The van der Waals surface area contributed by atoms with Crippen LogP contribution < -0.4 is 20.5 Å². The monoisotopic (exact) mass is 405 g/mol. The molecule has 0 radical (unpaired) electrons. The van der Waals surface area contributed by atoms with E-state index >= 15 is 0 Å². The summed E-state index contributed by atoms with van der Waals surface area (Å²) in [6.07, 6.45) is 3.79. The van der Waals surface area contributed by atoms with Gasteiger partial charge in [-0.05, 0) is 37.1 Å². The van der Waals surface area contributed by atoms with Gasteiger partial charge in [0.2, 0.25) is 5.91 Å². The Morgan fingerprint density at radius 3 is 2.77 bits per heavy atom. The molecule has 1 saturated heterocycles. The Balaban J connectivity index is 0.00000338. The van der Waals surface area contributed by atoms with E-state index in [-0.39, 0.29) is 18.3 Å². The zero-order valence-corrected chi connectivity index (χ0v) is 17.0. The van der Waals surface area contributed by atoms with E-state index in [1.807, 2.05) is 12.1 Å². The van der Waals surface area contributed by atoms with Crippen molar-refractivity contribution in [2.24, 2.45) is 5.73 Å². The van der Waals surface area contributed by atoms with Gasteiger partial charge >= 0.3 is 0 Å². The number of piperidine rings is 1. The molecule has 6 nitrogen and oxygen atoms in total. The molecule has 1 aromatic rings. The van der Waals surface area contributed by atoms with Gasteiger partial charge in [0.1, 0.15) is 0 Å². The first kappa shape index (κ1) is 22.8. The van der Waals surface area contributed by atoms with E-state index in [0.717, 1.165) is 31.5 Å². The molecular formula is C18H29Cl2N3O3. The summed E-state index contributed by atoms with van der Waals surface area (Å²) < 4.78 is 10.7. The molecule has 1 aromatic carbocycles. The molecule has 2 rings (SSSR count). The van der Waals surface area contributed by atoms with Crippen LogP contribution in [0.1, 0.15) is 31.2 Å². The number of carbonyl (C=O) groups is 1. The lowest BCUT2D eigenvalue weighted by atomic mass is 10.0. The SMILES string of the molecule is COc1cc(CN2CCCCC2CNC(=O)CCN)cc(Cl)c1OC.Cl. The molecule has 1 heterocycles. The molecule has 3 N–H and O–H groups in total. The molecule has 0 bridgehead atoms. The number of carbonyl (C=O) groups excluding carboxylic acids is 1. The highest BCUT2D eigenvalue weighted by Gasteiger charge is 2.23. The van der Waals surface area contributed by atoms with Gasteiger partial charge in [-0.2, -0.15) is 0 Å². The van der Waals surface area contributed by atoms with Gasteiger partial charge in [-0.3, -0.25) is 9.69 Å². The average Bonchev–Trinajstić information content (AvgIpc) is 2.60. The Labute approximate surface area is 166 Å². The van der Waals surface area contributed by atoms with Gasteiger partial charge in [0, 0.05) is 32.1 Å². The van der Waals surface area contributed by atoms with Crippen molar-refractivity contribution in [3.05, 3.63) is 22.7 Å². The minimum Gasteiger partial charge on any atom is -0.493 e. The van der Waals surface area contributed by atoms with Gasteiger partial charge in [0.25, 0.3) is 0 Å². The van der Waals surface area contributed by atoms with E-state index in [0.29, 0.717) is 42.1 Å². The van der Waals surface area contributed by atoms with E-state index < -0.39 is 0 Å². The Bertz CT molecular complexity index is 587. The fourth-order valence-corrected chi connectivity index (χ4v) is 3.56. The van der Waals surface area contributed by atoms with Gasteiger partial charge in [0.05, 0.1) is 19.2 Å². The first-order chi connectivity index (χ1) is 12.1. The number of halogens is 2. The zero-order valence-electron chi connectivity index (χ0n) is 15.4. The van der Waals surface area contributed by atoms with E-state index in [9.17, 15) is 4.79 Å². The van der Waals surface area contributed by atoms with Crippen LogP contribution in [0.15, 0.2) is 12.1 Å². The first-order valence-corrected chi connectivity index (χ1v) is 9.08. The van der Waals surface area contributed by atoms with Crippen molar-refractivity contribution in [2.45, 2.75) is 38.3 Å².